The molecule has 0 bridgehead atoms. The second-order valence-electron chi connectivity index (χ2n) is 7.89. The number of hydrogen-bond acceptors (Lipinski definition) is 6. The van der Waals surface area contributed by atoms with Gasteiger partial charge < -0.3 is 25.3 Å². The Morgan fingerprint density at radius 3 is 2.66 bits per heavy atom. The quantitative estimate of drug-likeness (QED) is 0.620. The number of hydrogen-bond donors (Lipinski definition) is 3. The Labute approximate surface area is 170 Å². The van der Waals surface area contributed by atoms with Gasteiger partial charge in [0.25, 0.3) is 0 Å². The minimum atomic E-state index is 0.745. The molecule has 0 spiro atoms. The Bertz CT molecular complexity index is 942. The number of anilines is 2. The van der Waals surface area contributed by atoms with Crippen molar-refractivity contribution in [2.24, 2.45) is 5.92 Å². The van der Waals surface area contributed by atoms with Gasteiger partial charge in [-0.15, -0.1) is 0 Å². The monoisotopic (exact) mass is 392 g/mol. The predicted molar refractivity (Wildman–Crippen MR) is 116 cm³/mol. The lowest BCUT2D eigenvalue weighted by Gasteiger charge is -2.27. The summed E-state index contributed by atoms with van der Waals surface area (Å²) in [4.78, 5) is 14.7. The van der Waals surface area contributed by atoms with E-state index in [-0.39, 0.29) is 0 Å². The standard InChI is InChI=1S/C22H28N6O/c1-3-18(24-14-16-5-7-23-8-6-16)4-2-17(1)20-13-19-21(27-20)25-15-26-22(19)28-9-11-29-12-10-28/h1-4,13,15-16,23-24H,5-12,14H2,(H,25,26,27). The molecule has 29 heavy (non-hydrogen) atoms. The number of aromatic amines is 1. The van der Waals surface area contributed by atoms with Crippen LogP contribution in [0.5, 0.6) is 0 Å². The number of benzene rings is 1. The van der Waals surface area contributed by atoms with Crippen molar-refractivity contribution in [3.63, 3.8) is 0 Å². The molecule has 2 aromatic heterocycles. The number of nitrogens with zero attached hydrogens (tertiary/aromatic N) is 3. The van der Waals surface area contributed by atoms with Gasteiger partial charge in [0.15, 0.2) is 0 Å². The van der Waals surface area contributed by atoms with Gasteiger partial charge in [0.1, 0.15) is 17.8 Å². The van der Waals surface area contributed by atoms with E-state index >= 15 is 0 Å². The first-order chi connectivity index (χ1) is 14.4. The number of morpholine rings is 1. The fourth-order valence-corrected chi connectivity index (χ4v) is 4.23. The van der Waals surface area contributed by atoms with Gasteiger partial charge in [0, 0.05) is 31.0 Å². The van der Waals surface area contributed by atoms with Crippen LogP contribution in [0.1, 0.15) is 12.8 Å². The summed E-state index contributed by atoms with van der Waals surface area (Å²) in [5.41, 5.74) is 4.28. The Morgan fingerprint density at radius 2 is 1.86 bits per heavy atom. The molecular formula is C22H28N6O. The number of aromatic nitrogens is 3. The van der Waals surface area contributed by atoms with Gasteiger partial charge in [-0.2, -0.15) is 0 Å². The smallest absolute Gasteiger partial charge is 0.143 e. The third-order valence-electron chi connectivity index (χ3n) is 5.96. The summed E-state index contributed by atoms with van der Waals surface area (Å²) in [5, 5.41) is 8.08. The lowest BCUT2D eigenvalue weighted by Crippen LogP contribution is -2.36. The van der Waals surface area contributed by atoms with Crippen molar-refractivity contribution < 1.29 is 4.74 Å². The number of piperidine rings is 1. The normalized spacial score (nSPS) is 18.3. The van der Waals surface area contributed by atoms with Gasteiger partial charge in [-0.05, 0) is 55.6 Å². The average molecular weight is 393 g/mol. The summed E-state index contributed by atoms with van der Waals surface area (Å²) in [7, 11) is 0. The highest BCUT2D eigenvalue weighted by Gasteiger charge is 2.17. The molecule has 0 amide bonds. The largest absolute Gasteiger partial charge is 0.385 e. The van der Waals surface area contributed by atoms with Crippen molar-refractivity contribution in [1.29, 1.82) is 0 Å². The van der Waals surface area contributed by atoms with Crippen LogP contribution in [0.3, 0.4) is 0 Å². The zero-order valence-corrected chi connectivity index (χ0v) is 16.7. The SMILES string of the molecule is c1nc(N2CCOCC2)c2cc(-c3ccc(NCC4CCNCC4)cc3)[nH]c2n1. The van der Waals surface area contributed by atoms with Gasteiger partial charge in [-0.1, -0.05) is 12.1 Å². The van der Waals surface area contributed by atoms with Crippen LogP contribution in [0.15, 0.2) is 36.7 Å². The Balaban J connectivity index is 1.32. The summed E-state index contributed by atoms with van der Waals surface area (Å²) in [6.45, 7) is 6.55. The number of nitrogens with one attached hydrogen (secondary N) is 3. The van der Waals surface area contributed by atoms with Crippen molar-refractivity contribution in [3.8, 4) is 11.3 Å². The van der Waals surface area contributed by atoms with Crippen LogP contribution in [-0.4, -0.2) is 60.9 Å². The number of H-pyrrole nitrogens is 1. The second kappa shape index (κ2) is 8.39. The van der Waals surface area contributed by atoms with Gasteiger partial charge >= 0.3 is 0 Å². The summed E-state index contributed by atoms with van der Waals surface area (Å²) < 4.78 is 5.48. The molecule has 1 aromatic carbocycles. The molecule has 0 radical (unpaired) electrons. The highest BCUT2D eigenvalue weighted by atomic mass is 16.5. The van der Waals surface area contributed by atoms with Crippen LogP contribution in [0.2, 0.25) is 0 Å². The Hall–Kier alpha value is -2.64. The van der Waals surface area contributed by atoms with E-state index in [0.29, 0.717) is 0 Å². The Kier molecular flexibility index (Phi) is 5.32. The van der Waals surface area contributed by atoms with Gasteiger partial charge in [0.2, 0.25) is 0 Å². The predicted octanol–water partition coefficient (Wildman–Crippen LogP) is 2.87. The molecule has 7 heteroatoms. The van der Waals surface area contributed by atoms with Crippen LogP contribution in [0.25, 0.3) is 22.3 Å². The molecule has 5 rings (SSSR count). The summed E-state index contributed by atoms with van der Waals surface area (Å²) in [6, 6.07) is 10.8. The van der Waals surface area contributed by atoms with Crippen molar-refractivity contribution in [1.82, 2.24) is 20.3 Å². The molecule has 3 aromatic rings. The fourth-order valence-electron chi connectivity index (χ4n) is 4.23. The summed E-state index contributed by atoms with van der Waals surface area (Å²) in [5.74, 6) is 1.75. The number of rotatable bonds is 5. The summed E-state index contributed by atoms with van der Waals surface area (Å²) in [6.07, 6.45) is 4.15. The molecule has 0 unspecified atom stereocenters. The molecule has 2 fully saturated rings. The molecule has 0 saturated carbocycles. The topological polar surface area (TPSA) is 78.1 Å². The minimum Gasteiger partial charge on any atom is -0.385 e. The fraction of sp³-hybridized carbons (Fsp3) is 0.455. The third kappa shape index (κ3) is 4.06. The third-order valence-corrected chi connectivity index (χ3v) is 5.96. The van der Waals surface area contributed by atoms with Crippen molar-refractivity contribution in [3.05, 3.63) is 36.7 Å². The van der Waals surface area contributed by atoms with Crippen molar-refractivity contribution in [2.45, 2.75) is 12.8 Å². The van der Waals surface area contributed by atoms with E-state index in [4.69, 9.17) is 4.74 Å². The zero-order valence-electron chi connectivity index (χ0n) is 16.7. The van der Waals surface area contributed by atoms with Gasteiger partial charge in [0.05, 0.1) is 18.6 Å². The molecule has 0 atom stereocenters. The number of fused-ring (bicyclic) bond motifs is 1. The van der Waals surface area contributed by atoms with Crippen LogP contribution in [0, 0.1) is 5.92 Å². The number of ether oxygens (including phenoxy) is 1. The molecule has 3 N–H and O–H groups in total. The molecule has 2 aliphatic rings. The van der Waals surface area contributed by atoms with Crippen LogP contribution < -0.4 is 15.5 Å². The summed E-state index contributed by atoms with van der Waals surface area (Å²) >= 11 is 0. The van der Waals surface area contributed by atoms with Crippen molar-refractivity contribution in [2.75, 3.05) is 56.2 Å². The second-order valence-corrected chi connectivity index (χ2v) is 7.89. The zero-order chi connectivity index (χ0) is 19.5. The highest BCUT2D eigenvalue weighted by molar-refractivity contribution is 5.92. The molecule has 7 nitrogen and oxygen atoms in total. The van der Waals surface area contributed by atoms with Crippen LogP contribution in [0.4, 0.5) is 11.5 Å². The van der Waals surface area contributed by atoms with Gasteiger partial charge in [-0.25, -0.2) is 9.97 Å². The first-order valence-corrected chi connectivity index (χ1v) is 10.6. The van der Waals surface area contributed by atoms with Gasteiger partial charge in [-0.3, -0.25) is 0 Å². The van der Waals surface area contributed by atoms with Crippen LogP contribution in [-0.2, 0) is 4.74 Å². The van der Waals surface area contributed by atoms with E-state index < -0.39 is 0 Å². The van der Waals surface area contributed by atoms with E-state index in [9.17, 15) is 0 Å². The highest BCUT2D eigenvalue weighted by Crippen LogP contribution is 2.29. The first kappa shape index (κ1) is 18.4. The lowest BCUT2D eigenvalue weighted by atomic mass is 9.98. The van der Waals surface area contributed by atoms with E-state index in [2.05, 4.69) is 60.8 Å². The van der Waals surface area contributed by atoms with Crippen LogP contribution >= 0.6 is 0 Å². The van der Waals surface area contributed by atoms with Crippen molar-refractivity contribution >= 4 is 22.5 Å². The van der Waals surface area contributed by atoms with E-state index in [1.165, 1.54) is 18.5 Å². The minimum absolute atomic E-state index is 0.745. The Morgan fingerprint density at radius 1 is 1.07 bits per heavy atom. The molecule has 0 aliphatic carbocycles. The van der Waals surface area contributed by atoms with E-state index in [1.807, 2.05) is 0 Å². The molecule has 152 valence electrons. The average Bonchev–Trinajstić information content (AvgIpc) is 3.24. The first-order valence-electron chi connectivity index (χ1n) is 10.6. The maximum absolute atomic E-state index is 5.48. The molecule has 2 saturated heterocycles. The molecule has 2 aliphatic heterocycles. The maximum Gasteiger partial charge on any atom is 0.143 e. The van der Waals surface area contributed by atoms with E-state index in [1.54, 1.807) is 6.33 Å². The lowest BCUT2D eigenvalue weighted by molar-refractivity contribution is 0.122. The maximum atomic E-state index is 5.48. The molecule has 4 heterocycles. The molecular weight excluding hydrogens is 364 g/mol. The van der Waals surface area contributed by atoms with E-state index in [0.717, 1.165) is 80.0 Å².